The minimum absolute atomic E-state index is 0.0486. The molecule has 1 saturated carbocycles. The molecular formula is C20H22F3N7O. The van der Waals surface area contributed by atoms with Crippen molar-refractivity contribution in [1.82, 2.24) is 29.2 Å². The predicted octanol–water partition coefficient (Wildman–Crippen LogP) is 2.69. The van der Waals surface area contributed by atoms with E-state index in [4.69, 9.17) is 5.73 Å². The van der Waals surface area contributed by atoms with Crippen molar-refractivity contribution >= 4 is 16.8 Å². The first-order valence-corrected chi connectivity index (χ1v) is 10.3. The minimum Gasteiger partial charge on any atom is -0.364 e. The lowest BCUT2D eigenvalue weighted by molar-refractivity contribution is -0.215. The number of fused-ring (bicyclic) bond motifs is 1. The van der Waals surface area contributed by atoms with E-state index in [1.165, 1.54) is 0 Å². The number of carbonyl (C=O) groups excluding carboxylic acids is 1. The highest BCUT2D eigenvalue weighted by Crippen LogP contribution is 2.39. The van der Waals surface area contributed by atoms with Gasteiger partial charge in [-0.3, -0.25) is 18.9 Å². The molecule has 1 amide bonds. The average molecular weight is 433 g/mol. The smallest absolute Gasteiger partial charge is 0.364 e. The highest BCUT2D eigenvalue weighted by Gasteiger charge is 2.49. The van der Waals surface area contributed by atoms with Gasteiger partial charge in [-0.25, -0.2) is 9.97 Å². The summed E-state index contributed by atoms with van der Waals surface area (Å²) in [7, 11) is 0. The molecule has 8 nitrogen and oxygen atoms in total. The highest BCUT2D eigenvalue weighted by atomic mass is 19.4. The first-order valence-electron chi connectivity index (χ1n) is 10.3. The summed E-state index contributed by atoms with van der Waals surface area (Å²) in [6.07, 6.45) is 5.66. The van der Waals surface area contributed by atoms with Crippen molar-refractivity contribution in [3.05, 3.63) is 36.7 Å². The van der Waals surface area contributed by atoms with Crippen LogP contribution in [0.15, 0.2) is 31.0 Å². The maximum absolute atomic E-state index is 12.8. The van der Waals surface area contributed by atoms with E-state index in [9.17, 15) is 18.0 Å². The lowest BCUT2D eigenvalue weighted by atomic mass is 9.86. The molecule has 3 aromatic heterocycles. The van der Waals surface area contributed by atoms with E-state index in [0.29, 0.717) is 11.3 Å². The van der Waals surface area contributed by atoms with Crippen molar-refractivity contribution in [3.8, 4) is 5.82 Å². The number of primary amides is 1. The molecule has 11 heteroatoms. The van der Waals surface area contributed by atoms with Crippen LogP contribution in [0.4, 0.5) is 13.2 Å². The second-order valence-corrected chi connectivity index (χ2v) is 8.35. The number of imidazole rings is 1. The van der Waals surface area contributed by atoms with Crippen LogP contribution in [0.5, 0.6) is 0 Å². The molecule has 31 heavy (non-hydrogen) atoms. The molecular weight excluding hydrogens is 411 g/mol. The third-order valence-corrected chi connectivity index (χ3v) is 6.46. The van der Waals surface area contributed by atoms with Crippen LogP contribution in [0, 0.1) is 5.92 Å². The molecule has 1 aliphatic heterocycles. The fraction of sp³-hybridized carbons (Fsp3) is 0.500. The summed E-state index contributed by atoms with van der Waals surface area (Å²) in [5, 5.41) is 5.27. The van der Waals surface area contributed by atoms with E-state index in [1.807, 2.05) is 15.6 Å². The van der Waals surface area contributed by atoms with Gasteiger partial charge in [0.25, 0.3) is 5.91 Å². The summed E-state index contributed by atoms with van der Waals surface area (Å²) in [6.45, 7) is 0.187. The Kier molecular flexibility index (Phi) is 4.72. The zero-order valence-corrected chi connectivity index (χ0v) is 16.7. The number of nitrogens with zero attached hydrogens (tertiary/aromatic N) is 6. The van der Waals surface area contributed by atoms with Crippen molar-refractivity contribution in [3.63, 3.8) is 0 Å². The van der Waals surface area contributed by atoms with Crippen molar-refractivity contribution in [1.29, 1.82) is 0 Å². The molecule has 2 N–H and O–H groups in total. The van der Waals surface area contributed by atoms with Crippen LogP contribution in [-0.2, 0) is 0 Å². The topological polar surface area (TPSA) is 94.9 Å². The summed E-state index contributed by atoms with van der Waals surface area (Å²) in [6, 6.07) is 2.04. The molecule has 0 bridgehead atoms. The molecule has 0 unspecified atom stereocenters. The van der Waals surface area contributed by atoms with Gasteiger partial charge in [-0.15, -0.1) is 0 Å². The number of hydrogen-bond donors (Lipinski definition) is 1. The first-order chi connectivity index (χ1) is 14.8. The van der Waals surface area contributed by atoms with E-state index >= 15 is 0 Å². The van der Waals surface area contributed by atoms with Crippen LogP contribution >= 0.6 is 0 Å². The lowest BCUT2D eigenvalue weighted by Crippen LogP contribution is -2.57. The van der Waals surface area contributed by atoms with E-state index in [2.05, 4.69) is 15.1 Å². The molecule has 164 valence electrons. The van der Waals surface area contributed by atoms with Crippen molar-refractivity contribution in [2.45, 2.75) is 43.9 Å². The molecule has 2 aliphatic rings. The molecule has 0 atom stereocenters. The Morgan fingerprint density at radius 3 is 2.45 bits per heavy atom. The van der Waals surface area contributed by atoms with Crippen LogP contribution in [-0.4, -0.2) is 60.4 Å². The zero-order valence-electron chi connectivity index (χ0n) is 16.7. The fourth-order valence-electron chi connectivity index (χ4n) is 4.73. The summed E-state index contributed by atoms with van der Waals surface area (Å²) in [5.41, 5.74) is 6.38. The van der Waals surface area contributed by atoms with Gasteiger partial charge < -0.3 is 5.73 Å². The van der Waals surface area contributed by atoms with Crippen molar-refractivity contribution < 1.29 is 18.0 Å². The quantitative estimate of drug-likeness (QED) is 0.683. The fourth-order valence-corrected chi connectivity index (χ4v) is 4.73. The number of alkyl halides is 3. The van der Waals surface area contributed by atoms with Crippen LogP contribution in [0.25, 0.3) is 16.7 Å². The number of nitrogens with two attached hydrogens (primary N) is 1. The summed E-state index contributed by atoms with van der Waals surface area (Å²) >= 11 is 0. The molecule has 4 heterocycles. The number of likely N-dealkylation sites (tertiary alicyclic amines) is 1. The Morgan fingerprint density at radius 2 is 1.84 bits per heavy atom. The Bertz CT molecular complexity index is 1090. The number of amides is 1. The lowest BCUT2D eigenvalue weighted by Gasteiger charge is -2.47. The van der Waals surface area contributed by atoms with Gasteiger partial charge in [-0.1, -0.05) is 0 Å². The van der Waals surface area contributed by atoms with Gasteiger partial charge >= 0.3 is 6.18 Å². The summed E-state index contributed by atoms with van der Waals surface area (Å²) in [4.78, 5) is 22.5. The van der Waals surface area contributed by atoms with Gasteiger partial charge in [0, 0.05) is 36.9 Å². The van der Waals surface area contributed by atoms with Crippen LogP contribution in [0.3, 0.4) is 0 Å². The third-order valence-electron chi connectivity index (χ3n) is 6.46. The number of aromatic nitrogens is 5. The Morgan fingerprint density at radius 1 is 1.13 bits per heavy atom. The first kappa shape index (κ1) is 20.0. The number of carbonyl (C=O) groups is 1. The Balaban J connectivity index is 1.35. The van der Waals surface area contributed by atoms with Crippen LogP contribution < -0.4 is 5.73 Å². The number of pyridine rings is 1. The largest absolute Gasteiger partial charge is 0.394 e. The highest BCUT2D eigenvalue weighted by molar-refractivity contribution is 6.03. The summed E-state index contributed by atoms with van der Waals surface area (Å²) in [5.74, 6) is -1.31. The van der Waals surface area contributed by atoms with E-state index in [-0.39, 0.29) is 30.9 Å². The van der Waals surface area contributed by atoms with Gasteiger partial charge in [0.2, 0.25) is 0 Å². The second-order valence-electron chi connectivity index (χ2n) is 8.35. The third kappa shape index (κ3) is 3.56. The molecule has 2 fully saturated rings. The standard InChI is InChI=1S/C20H22F3N7O/c21-20(22,23)13-9-29(10-13)14-1-3-15(4-2-14)30-18-12(8-26-30)7-16(27-17(18)19(24)31)28-6-5-25-11-28/h5-8,11,13-15H,1-4,9-10H2,(H2,24,31). The average Bonchev–Trinajstić information content (AvgIpc) is 3.35. The Labute approximate surface area is 175 Å². The second kappa shape index (κ2) is 7.33. The molecule has 1 saturated heterocycles. The van der Waals surface area contributed by atoms with Crippen molar-refractivity contribution in [2.24, 2.45) is 11.7 Å². The Hall–Kier alpha value is -2.95. The molecule has 0 spiro atoms. The van der Waals surface area contributed by atoms with E-state index < -0.39 is 18.0 Å². The SMILES string of the molecule is NC(=O)c1nc(-n2ccnc2)cc2cnn(C3CCC(N4CC(C(F)(F)F)C4)CC3)c12. The molecule has 1 aliphatic carbocycles. The van der Waals surface area contributed by atoms with E-state index in [0.717, 1.165) is 31.1 Å². The summed E-state index contributed by atoms with van der Waals surface area (Å²) < 4.78 is 41.8. The molecule has 0 aromatic carbocycles. The molecule has 3 aromatic rings. The van der Waals surface area contributed by atoms with Crippen LogP contribution in [0.2, 0.25) is 0 Å². The van der Waals surface area contributed by atoms with Gasteiger partial charge in [-0.2, -0.15) is 18.3 Å². The molecule has 5 rings (SSSR count). The van der Waals surface area contributed by atoms with Gasteiger partial charge in [0.05, 0.1) is 18.2 Å². The van der Waals surface area contributed by atoms with Crippen LogP contribution in [0.1, 0.15) is 42.2 Å². The number of rotatable bonds is 4. The monoisotopic (exact) mass is 433 g/mol. The normalized spacial score (nSPS) is 23.2. The number of halogens is 3. The van der Waals surface area contributed by atoms with Gasteiger partial charge in [0.1, 0.15) is 17.7 Å². The predicted molar refractivity (Wildman–Crippen MR) is 106 cm³/mol. The number of hydrogen-bond acceptors (Lipinski definition) is 5. The maximum atomic E-state index is 12.8. The van der Waals surface area contributed by atoms with Gasteiger partial charge in [0.15, 0.2) is 5.69 Å². The molecule has 0 radical (unpaired) electrons. The minimum atomic E-state index is -4.10. The maximum Gasteiger partial charge on any atom is 0.394 e. The van der Waals surface area contributed by atoms with E-state index in [1.54, 1.807) is 29.5 Å². The zero-order chi connectivity index (χ0) is 21.8. The van der Waals surface area contributed by atoms with Crippen molar-refractivity contribution in [2.75, 3.05) is 13.1 Å². The van der Waals surface area contributed by atoms with Gasteiger partial charge in [-0.05, 0) is 31.7 Å².